The van der Waals surface area contributed by atoms with Gasteiger partial charge in [0.1, 0.15) is 0 Å². The van der Waals surface area contributed by atoms with Gasteiger partial charge in [-0.05, 0) is 24.6 Å². The molecule has 0 aromatic carbocycles. The van der Waals surface area contributed by atoms with Crippen molar-refractivity contribution in [3.05, 3.63) is 6.61 Å². The predicted octanol–water partition coefficient (Wildman–Crippen LogP) is 3.97. The van der Waals surface area contributed by atoms with Crippen LogP contribution in [-0.2, 0) is 4.43 Å². The van der Waals surface area contributed by atoms with Crippen LogP contribution < -0.4 is 0 Å². The Bertz CT molecular complexity index is 91.7. The molecule has 0 heterocycles. The van der Waals surface area contributed by atoms with Crippen molar-refractivity contribution in [1.82, 2.24) is 0 Å². The first-order chi connectivity index (χ1) is 5.74. The quantitative estimate of drug-likeness (QED) is 0.433. The summed E-state index contributed by atoms with van der Waals surface area (Å²) in [5.41, 5.74) is 0. The number of rotatable bonds is 7. The Hall–Kier alpha value is 0.177. The Labute approximate surface area is 78.6 Å². The van der Waals surface area contributed by atoms with Crippen LogP contribution in [0, 0.1) is 6.61 Å². The zero-order valence-corrected chi connectivity index (χ0v) is 10.0. The molecule has 0 saturated heterocycles. The lowest BCUT2D eigenvalue weighted by atomic mass is 10.4. The van der Waals surface area contributed by atoms with Crippen LogP contribution >= 0.6 is 0 Å². The van der Waals surface area contributed by atoms with E-state index in [2.05, 4.69) is 27.7 Å². The zero-order valence-electron chi connectivity index (χ0n) is 9.02. The fourth-order valence-corrected chi connectivity index (χ4v) is 3.82. The van der Waals surface area contributed by atoms with E-state index in [1.165, 1.54) is 24.6 Å². The molecule has 0 fully saturated rings. The fraction of sp³-hybridized carbons (Fsp3) is 0.900. The van der Waals surface area contributed by atoms with Crippen LogP contribution in [0.5, 0.6) is 0 Å². The summed E-state index contributed by atoms with van der Waals surface area (Å²) in [5, 5.41) is 0. The average Bonchev–Trinajstić information content (AvgIpc) is 2.14. The van der Waals surface area contributed by atoms with Crippen LogP contribution in [0.3, 0.4) is 0 Å². The summed E-state index contributed by atoms with van der Waals surface area (Å²) in [7, 11) is -1.31. The third-order valence-corrected chi connectivity index (χ3v) is 7.21. The van der Waals surface area contributed by atoms with Crippen LogP contribution in [-0.4, -0.2) is 8.32 Å². The zero-order chi connectivity index (χ0) is 9.45. The molecule has 1 radical (unpaired) electrons. The summed E-state index contributed by atoms with van der Waals surface area (Å²) in [5.74, 6) is 0. The van der Waals surface area contributed by atoms with Crippen LogP contribution in [0.4, 0.5) is 0 Å². The van der Waals surface area contributed by atoms with Gasteiger partial charge in [-0.1, -0.05) is 34.1 Å². The molecule has 0 atom stereocenters. The highest BCUT2D eigenvalue weighted by Crippen LogP contribution is 2.22. The molecule has 0 N–H and O–H groups in total. The van der Waals surface area contributed by atoms with E-state index in [-0.39, 0.29) is 0 Å². The fourth-order valence-electron chi connectivity index (χ4n) is 1.35. The van der Waals surface area contributed by atoms with Gasteiger partial charge in [-0.15, -0.1) is 0 Å². The average molecular weight is 187 g/mol. The van der Waals surface area contributed by atoms with Gasteiger partial charge in [-0.2, -0.15) is 0 Å². The van der Waals surface area contributed by atoms with Gasteiger partial charge in [0.25, 0.3) is 0 Å². The standard InChI is InChI=1S/C10H23OSi/c1-5-9-10-11-12(6-2,7-3)8-4/h10H,5-9H2,1-4H3. The van der Waals surface area contributed by atoms with Gasteiger partial charge in [-0.25, -0.2) is 0 Å². The molecular weight excluding hydrogens is 164 g/mol. The summed E-state index contributed by atoms with van der Waals surface area (Å²) in [6.07, 6.45) is 2.30. The molecule has 0 spiro atoms. The van der Waals surface area contributed by atoms with Crippen molar-refractivity contribution in [3.8, 4) is 0 Å². The highest BCUT2D eigenvalue weighted by Gasteiger charge is 2.28. The number of unbranched alkanes of at least 4 members (excludes halogenated alkanes) is 1. The summed E-state index contributed by atoms with van der Waals surface area (Å²) in [6, 6.07) is 3.75. The molecule has 1 nitrogen and oxygen atoms in total. The van der Waals surface area contributed by atoms with E-state index in [1.807, 2.05) is 6.61 Å². The summed E-state index contributed by atoms with van der Waals surface area (Å²) in [4.78, 5) is 0. The molecule has 0 aliphatic carbocycles. The third-order valence-electron chi connectivity index (χ3n) is 2.67. The summed E-state index contributed by atoms with van der Waals surface area (Å²) < 4.78 is 5.93. The molecule has 0 aromatic heterocycles. The summed E-state index contributed by atoms with van der Waals surface area (Å²) in [6.45, 7) is 11.0. The Kier molecular flexibility index (Phi) is 6.77. The maximum Gasteiger partial charge on any atom is 0.192 e. The van der Waals surface area contributed by atoms with Gasteiger partial charge in [-0.3, -0.25) is 0 Å². The van der Waals surface area contributed by atoms with Crippen molar-refractivity contribution in [3.63, 3.8) is 0 Å². The van der Waals surface area contributed by atoms with Gasteiger partial charge < -0.3 is 4.43 Å². The van der Waals surface area contributed by atoms with Gasteiger partial charge >= 0.3 is 0 Å². The van der Waals surface area contributed by atoms with Crippen molar-refractivity contribution in [1.29, 1.82) is 0 Å². The van der Waals surface area contributed by atoms with E-state index < -0.39 is 8.32 Å². The minimum Gasteiger partial charge on any atom is -0.411 e. The minimum absolute atomic E-state index is 1.11. The monoisotopic (exact) mass is 187 g/mol. The highest BCUT2D eigenvalue weighted by atomic mass is 28.4. The van der Waals surface area contributed by atoms with E-state index in [9.17, 15) is 0 Å². The van der Waals surface area contributed by atoms with E-state index in [0.717, 1.165) is 6.42 Å². The number of hydrogen-bond donors (Lipinski definition) is 0. The van der Waals surface area contributed by atoms with E-state index in [0.29, 0.717) is 0 Å². The second kappa shape index (κ2) is 6.67. The van der Waals surface area contributed by atoms with Crippen molar-refractivity contribution in [2.45, 2.75) is 58.7 Å². The maximum atomic E-state index is 5.93. The molecule has 0 bridgehead atoms. The van der Waals surface area contributed by atoms with E-state index >= 15 is 0 Å². The van der Waals surface area contributed by atoms with Gasteiger partial charge in [0.15, 0.2) is 8.32 Å². The molecule has 0 amide bonds. The van der Waals surface area contributed by atoms with Crippen molar-refractivity contribution in [2.75, 3.05) is 0 Å². The molecule has 0 aromatic rings. The SMILES string of the molecule is CCC[CH]O[Si](CC)(CC)CC. The normalized spacial score (nSPS) is 12.0. The van der Waals surface area contributed by atoms with Gasteiger partial charge in [0, 0.05) is 0 Å². The molecule has 2 heteroatoms. The molecule has 0 rings (SSSR count). The molecular formula is C10H23OSi. The van der Waals surface area contributed by atoms with Crippen molar-refractivity contribution < 1.29 is 4.43 Å². The van der Waals surface area contributed by atoms with Crippen LogP contribution in [0.2, 0.25) is 18.1 Å². The van der Waals surface area contributed by atoms with Crippen molar-refractivity contribution >= 4 is 8.32 Å². The third kappa shape index (κ3) is 3.72. The Balaban J connectivity index is 3.76. The highest BCUT2D eigenvalue weighted by molar-refractivity contribution is 6.73. The van der Waals surface area contributed by atoms with Crippen LogP contribution in [0.15, 0.2) is 0 Å². The van der Waals surface area contributed by atoms with E-state index in [1.54, 1.807) is 0 Å². The lowest BCUT2D eigenvalue weighted by Crippen LogP contribution is -2.34. The van der Waals surface area contributed by atoms with Gasteiger partial charge in [0.2, 0.25) is 0 Å². The molecule has 0 saturated carbocycles. The molecule has 73 valence electrons. The first kappa shape index (κ1) is 12.2. The Morgan fingerprint density at radius 2 is 1.50 bits per heavy atom. The second-order valence-electron chi connectivity index (χ2n) is 3.32. The topological polar surface area (TPSA) is 9.23 Å². The molecule has 0 unspecified atom stereocenters. The smallest absolute Gasteiger partial charge is 0.192 e. The summed E-state index contributed by atoms with van der Waals surface area (Å²) >= 11 is 0. The maximum absolute atomic E-state index is 5.93. The van der Waals surface area contributed by atoms with Gasteiger partial charge in [0.05, 0.1) is 6.61 Å². The predicted molar refractivity (Wildman–Crippen MR) is 57.5 cm³/mol. The Morgan fingerprint density at radius 3 is 1.83 bits per heavy atom. The van der Waals surface area contributed by atoms with Crippen molar-refractivity contribution in [2.24, 2.45) is 0 Å². The lowest BCUT2D eigenvalue weighted by Gasteiger charge is -2.27. The lowest BCUT2D eigenvalue weighted by molar-refractivity contribution is 0.370. The molecule has 12 heavy (non-hydrogen) atoms. The van der Waals surface area contributed by atoms with E-state index in [4.69, 9.17) is 4.43 Å². The van der Waals surface area contributed by atoms with Crippen LogP contribution in [0.25, 0.3) is 0 Å². The van der Waals surface area contributed by atoms with Crippen LogP contribution in [0.1, 0.15) is 40.5 Å². The minimum atomic E-state index is -1.31. The largest absolute Gasteiger partial charge is 0.411 e. The Morgan fingerprint density at radius 1 is 1.00 bits per heavy atom. The molecule has 0 aliphatic heterocycles. The number of hydrogen-bond acceptors (Lipinski definition) is 1. The molecule has 0 aliphatic rings. The first-order valence-electron chi connectivity index (χ1n) is 5.24. The first-order valence-corrected chi connectivity index (χ1v) is 7.77. The second-order valence-corrected chi connectivity index (χ2v) is 8.04.